The molecule has 0 spiro atoms. The van der Waals surface area contributed by atoms with Gasteiger partial charge in [0.25, 0.3) is 0 Å². The van der Waals surface area contributed by atoms with E-state index in [9.17, 15) is 0 Å². The first kappa shape index (κ1) is 13.5. The van der Waals surface area contributed by atoms with Crippen LogP contribution in [-0.2, 0) is 0 Å². The van der Waals surface area contributed by atoms with E-state index in [1.165, 1.54) is 0 Å². The van der Waals surface area contributed by atoms with E-state index in [-0.39, 0.29) is 6.04 Å². The van der Waals surface area contributed by atoms with Gasteiger partial charge in [-0.3, -0.25) is 0 Å². The zero-order chi connectivity index (χ0) is 12.8. The smallest absolute Gasteiger partial charge is 0.322 e. The number of rotatable bonds is 6. The number of hydrogen-bond acceptors (Lipinski definition) is 6. The molecule has 1 rings (SSSR count). The number of anilines is 2. The summed E-state index contributed by atoms with van der Waals surface area (Å²) in [5, 5.41) is 3.15. The lowest BCUT2D eigenvalue weighted by Gasteiger charge is -2.19. The van der Waals surface area contributed by atoms with Gasteiger partial charge in [-0.1, -0.05) is 0 Å². The highest BCUT2D eigenvalue weighted by Crippen LogP contribution is 2.14. The van der Waals surface area contributed by atoms with Crippen LogP contribution in [0.3, 0.4) is 0 Å². The van der Waals surface area contributed by atoms with Gasteiger partial charge in [-0.15, -0.1) is 0 Å². The van der Waals surface area contributed by atoms with Crippen LogP contribution in [0.1, 0.15) is 27.7 Å². The van der Waals surface area contributed by atoms with E-state index < -0.39 is 0 Å². The lowest BCUT2D eigenvalue weighted by molar-refractivity contribution is 0.378. The maximum absolute atomic E-state index is 5.09. The summed E-state index contributed by atoms with van der Waals surface area (Å²) in [6, 6.07) is 0.608. The monoisotopic (exact) mass is 239 g/mol. The molecule has 1 aromatic rings. The third-order valence-electron chi connectivity index (χ3n) is 2.25. The van der Waals surface area contributed by atoms with Crippen molar-refractivity contribution in [1.29, 1.82) is 0 Å². The fourth-order valence-electron chi connectivity index (χ4n) is 1.41. The number of nitrogens with zero attached hydrogens (tertiary/aromatic N) is 4. The van der Waals surface area contributed by atoms with Gasteiger partial charge in [0.15, 0.2) is 0 Å². The van der Waals surface area contributed by atoms with Gasteiger partial charge in [0.1, 0.15) is 0 Å². The molecule has 0 atom stereocenters. The number of aromatic nitrogens is 3. The summed E-state index contributed by atoms with van der Waals surface area (Å²) in [4.78, 5) is 14.8. The summed E-state index contributed by atoms with van der Waals surface area (Å²) in [7, 11) is 1.56. The van der Waals surface area contributed by atoms with Crippen LogP contribution in [0.25, 0.3) is 0 Å². The molecule has 0 aliphatic carbocycles. The van der Waals surface area contributed by atoms with E-state index in [1.54, 1.807) is 7.11 Å². The molecule has 6 heteroatoms. The fraction of sp³-hybridized carbons (Fsp3) is 0.727. The number of ether oxygens (including phenoxy) is 1. The molecule has 0 unspecified atom stereocenters. The largest absolute Gasteiger partial charge is 0.467 e. The van der Waals surface area contributed by atoms with Crippen molar-refractivity contribution < 1.29 is 4.74 Å². The normalized spacial score (nSPS) is 10.5. The Balaban J connectivity index is 3.03. The number of nitrogens with one attached hydrogen (secondary N) is 1. The molecule has 0 saturated heterocycles. The Morgan fingerprint density at radius 2 is 1.82 bits per heavy atom. The predicted molar refractivity (Wildman–Crippen MR) is 68.7 cm³/mol. The Labute approximate surface area is 102 Å². The van der Waals surface area contributed by atoms with Gasteiger partial charge < -0.3 is 15.0 Å². The van der Waals surface area contributed by atoms with Crippen LogP contribution < -0.4 is 15.0 Å². The quantitative estimate of drug-likeness (QED) is 0.812. The van der Waals surface area contributed by atoms with Gasteiger partial charge >= 0.3 is 6.01 Å². The van der Waals surface area contributed by atoms with Crippen molar-refractivity contribution in [3.05, 3.63) is 0 Å². The minimum atomic E-state index is 0.270. The van der Waals surface area contributed by atoms with Crippen molar-refractivity contribution in [3.8, 4) is 6.01 Å². The first-order valence-electron chi connectivity index (χ1n) is 5.92. The van der Waals surface area contributed by atoms with Crippen molar-refractivity contribution in [1.82, 2.24) is 15.0 Å². The van der Waals surface area contributed by atoms with Gasteiger partial charge in [0.2, 0.25) is 11.9 Å². The molecular formula is C11H21N5O. The summed E-state index contributed by atoms with van der Waals surface area (Å²) in [5.74, 6) is 1.19. The van der Waals surface area contributed by atoms with Gasteiger partial charge in [0.05, 0.1) is 7.11 Å². The highest BCUT2D eigenvalue weighted by molar-refractivity contribution is 5.38. The molecule has 0 aliphatic rings. The molecule has 0 amide bonds. The first-order chi connectivity index (χ1) is 8.10. The van der Waals surface area contributed by atoms with E-state index in [2.05, 4.69) is 39.0 Å². The maximum Gasteiger partial charge on any atom is 0.322 e. The summed E-state index contributed by atoms with van der Waals surface area (Å²) in [5.41, 5.74) is 0. The fourth-order valence-corrected chi connectivity index (χ4v) is 1.41. The van der Waals surface area contributed by atoms with Crippen LogP contribution >= 0.6 is 0 Å². The van der Waals surface area contributed by atoms with Crippen molar-refractivity contribution in [2.75, 3.05) is 30.4 Å². The van der Waals surface area contributed by atoms with Crippen molar-refractivity contribution in [2.24, 2.45) is 0 Å². The van der Waals surface area contributed by atoms with Crippen LogP contribution in [0.15, 0.2) is 0 Å². The molecular weight excluding hydrogens is 218 g/mol. The van der Waals surface area contributed by atoms with Gasteiger partial charge in [0, 0.05) is 19.1 Å². The third kappa shape index (κ3) is 3.72. The van der Waals surface area contributed by atoms with Crippen LogP contribution in [0.4, 0.5) is 11.9 Å². The van der Waals surface area contributed by atoms with E-state index in [0.29, 0.717) is 17.9 Å². The molecule has 96 valence electrons. The standard InChI is InChI=1S/C11H21N5O/c1-6-16(7-2)10-13-9(12-8(3)4)14-11(15-10)17-5/h8H,6-7H2,1-5H3,(H,12,13,14,15). The Hall–Kier alpha value is -1.59. The van der Waals surface area contributed by atoms with Crippen LogP contribution in [0, 0.1) is 0 Å². The van der Waals surface area contributed by atoms with E-state index >= 15 is 0 Å². The molecule has 0 aliphatic heterocycles. The second kappa shape index (κ2) is 6.22. The summed E-state index contributed by atoms with van der Waals surface area (Å²) in [6.07, 6.45) is 0. The third-order valence-corrected chi connectivity index (χ3v) is 2.25. The number of methoxy groups -OCH3 is 1. The maximum atomic E-state index is 5.09. The lowest BCUT2D eigenvalue weighted by atomic mass is 10.4. The second-order valence-corrected chi connectivity index (χ2v) is 3.92. The molecule has 0 radical (unpaired) electrons. The Bertz CT molecular complexity index is 352. The Morgan fingerprint density at radius 1 is 1.18 bits per heavy atom. The molecule has 0 saturated carbocycles. The van der Waals surface area contributed by atoms with Crippen molar-refractivity contribution in [2.45, 2.75) is 33.7 Å². The first-order valence-corrected chi connectivity index (χ1v) is 5.92. The van der Waals surface area contributed by atoms with Gasteiger partial charge in [-0.05, 0) is 27.7 Å². The van der Waals surface area contributed by atoms with E-state index in [4.69, 9.17) is 4.74 Å². The minimum Gasteiger partial charge on any atom is -0.467 e. The van der Waals surface area contributed by atoms with Crippen molar-refractivity contribution >= 4 is 11.9 Å². The molecule has 17 heavy (non-hydrogen) atoms. The van der Waals surface area contributed by atoms with Gasteiger partial charge in [-0.25, -0.2) is 0 Å². The Morgan fingerprint density at radius 3 is 2.29 bits per heavy atom. The topological polar surface area (TPSA) is 63.2 Å². The molecule has 1 aromatic heterocycles. The van der Waals surface area contributed by atoms with E-state index in [1.807, 2.05) is 13.8 Å². The SMILES string of the molecule is CCN(CC)c1nc(NC(C)C)nc(OC)n1. The summed E-state index contributed by atoms with van der Waals surface area (Å²) < 4.78 is 5.09. The van der Waals surface area contributed by atoms with Gasteiger partial charge in [-0.2, -0.15) is 15.0 Å². The zero-order valence-corrected chi connectivity index (χ0v) is 11.2. The average Bonchev–Trinajstić information content (AvgIpc) is 2.29. The average molecular weight is 239 g/mol. The van der Waals surface area contributed by atoms with Crippen molar-refractivity contribution in [3.63, 3.8) is 0 Å². The summed E-state index contributed by atoms with van der Waals surface area (Å²) in [6.45, 7) is 9.90. The van der Waals surface area contributed by atoms with Crippen LogP contribution in [0.5, 0.6) is 6.01 Å². The lowest BCUT2D eigenvalue weighted by Crippen LogP contribution is -2.25. The molecule has 1 N–H and O–H groups in total. The second-order valence-electron chi connectivity index (χ2n) is 3.92. The van der Waals surface area contributed by atoms with Crippen LogP contribution in [-0.4, -0.2) is 41.2 Å². The summed E-state index contributed by atoms with van der Waals surface area (Å²) >= 11 is 0. The highest BCUT2D eigenvalue weighted by atomic mass is 16.5. The minimum absolute atomic E-state index is 0.270. The molecule has 0 aromatic carbocycles. The molecule has 6 nitrogen and oxygen atoms in total. The Kier molecular flexibility index (Phi) is 4.93. The van der Waals surface area contributed by atoms with Crippen LogP contribution in [0.2, 0.25) is 0 Å². The van der Waals surface area contributed by atoms with E-state index in [0.717, 1.165) is 13.1 Å². The zero-order valence-electron chi connectivity index (χ0n) is 11.2. The molecule has 1 heterocycles. The molecule has 0 bridgehead atoms. The highest BCUT2D eigenvalue weighted by Gasteiger charge is 2.11. The predicted octanol–water partition coefficient (Wildman–Crippen LogP) is 1.55. The number of hydrogen-bond donors (Lipinski definition) is 1. The molecule has 0 fully saturated rings.